The molecule has 1 unspecified atom stereocenters. The summed E-state index contributed by atoms with van der Waals surface area (Å²) in [5, 5.41) is 9.29. The quantitative estimate of drug-likeness (QED) is 0.603. The van der Waals surface area contributed by atoms with Gasteiger partial charge >= 0.3 is 0 Å². The minimum atomic E-state index is -0.338. The van der Waals surface area contributed by atoms with Crippen molar-refractivity contribution >= 4 is 0 Å². The van der Waals surface area contributed by atoms with Crippen molar-refractivity contribution in [1.29, 1.82) is 0 Å². The van der Waals surface area contributed by atoms with Crippen molar-refractivity contribution in [2.45, 2.75) is 31.7 Å². The molecule has 0 radical (unpaired) electrons. The van der Waals surface area contributed by atoms with E-state index >= 15 is 0 Å². The van der Waals surface area contributed by atoms with Crippen LogP contribution in [-0.4, -0.2) is 37.1 Å². The number of hydrogen-bond acceptors (Lipinski definition) is 3. The van der Waals surface area contributed by atoms with E-state index in [1.165, 1.54) is 0 Å². The van der Waals surface area contributed by atoms with Gasteiger partial charge in [-0.2, -0.15) is 0 Å². The molecule has 0 bridgehead atoms. The summed E-state index contributed by atoms with van der Waals surface area (Å²) in [6.45, 7) is 2.45. The van der Waals surface area contributed by atoms with E-state index in [0.29, 0.717) is 6.61 Å². The third-order valence-corrected chi connectivity index (χ3v) is 1.74. The van der Waals surface area contributed by atoms with Gasteiger partial charge in [0.25, 0.3) is 0 Å². The highest BCUT2D eigenvalue weighted by molar-refractivity contribution is 4.79. The minimum absolute atomic E-state index is 0.111. The smallest absolute Gasteiger partial charge is 0.107 e. The van der Waals surface area contributed by atoms with Crippen molar-refractivity contribution in [1.82, 2.24) is 0 Å². The van der Waals surface area contributed by atoms with E-state index in [2.05, 4.69) is 0 Å². The first-order valence-corrected chi connectivity index (χ1v) is 3.56. The van der Waals surface area contributed by atoms with Crippen LogP contribution in [0.2, 0.25) is 0 Å². The van der Waals surface area contributed by atoms with Crippen molar-refractivity contribution in [2.24, 2.45) is 0 Å². The molecule has 1 saturated heterocycles. The lowest BCUT2D eigenvalue weighted by Gasteiger charge is -2.11. The second-order valence-electron chi connectivity index (χ2n) is 2.74. The highest BCUT2D eigenvalue weighted by Crippen LogP contribution is 2.19. The highest BCUT2D eigenvalue weighted by Gasteiger charge is 2.30. The number of rotatable bonds is 2. The normalized spacial score (nSPS) is 40.5. The largest absolute Gasteiger partial charge is 0.390 e. The summed E-state index contributed by atoms with van der Waals surface area (Å²) < 4.78 is 10.2. The second-order valence-corrected chi connectivity index (χ2v) is 2.74. The molecule has 0 aromatic rings. The maximum atomic E-state index is 9.29. The Bertz CT molecular complexity index is 105. The van der Waals surface area contributed by atoms with E-state index in [4.69, 9.17) is 9.47 Å². The summed E-state index contributed by atoms with van der Waals surface area (Å²) in [6.07, 6.45) is 0.457. The minimum Gasteiger partial charge on any atom is -0.390 e. The molecule has 0 aromatic heterocycles. The number of aliphatic hydroxyl groups excluding tert-OH is 1. The Morgan fingerprint density at radius 1 is 1.70 bits per heavy atom. The Labute approximate surface area is 60.9 Å². The van der Waals surface area contributed by atoms with Crippen molar-refractivity contribution in [2.75, 3.05) is 13.7 Å². The predicted octanol–water partition coefficient (Wildman–Crippen LogP) is 0.171. The van der Waals surface area contributed by atoms with Gasteiger partial charge in [-0.15, -0.1) is 0 Å². The van der Waals surface area contributed by atoms with Crippen LogP contribution in [0, 0.1) is 0 Å². The molecule has 1 heterocycles. The molecule has 1 aliphatic heterocycles. The average molecular weight is 146 g/mol. The summed E-state index contributed by atoms with van der Waals surface area (Å²) in [4.78, 5) is 0. The monoisotopic (exact) mass is 146 g/mol. The lowest BCUT2D eigenvalue weighted by Crippen LogP contribution is -2.25. The van der Waals surface area contributed by atoms with Gasteiger partial charge in [0.05, 0.1) is 18.8 Å². The fraction of sp³-hybridized carbons (Fsp3) is 1.00. The molecule has 0 amide bonds. The summed E-state index contributed by atoms with van der Waals surface area (Å²) in [7, 11) is 1.61. The van der Waals surface area contributed by atoms with Gasteiger partial charge < -0.3 is 14.6 Å². The Morgan fingerprint density at radius 2 is 2.40 bits per heavy atom. The van der Waals surface area contributed by atoms with Crippen LogP contribution >= 0.6 is 0 Å². The number of aliphatic hydroxyl groups is 1. The second kappa shape index (κ2) is 3.32. The van der Waals surface area contributed by atoms with Crippen molar-refractivity contribution in [3.05, 3.63) is 0 Å². The fourth-order valence-electron chi connectivity index (χ4n) is 1.25. The van der Waals surface area contributed by atoms with E-state index in [1.54, 1.807) is 7.11 Å². The van der Waals surface area contributed by atoms with Gasteiger partial charge in [0.15, 0.2) is 0 Å². The zero-order valence-corrected chi connectivity index (χ0v) is 6.41. The molecule has 1 N–H and O–H groups in total. The van der Waals surface area contributed by atoms with Crippen LogP contribution in [0.4, 0.5) is 0 Å². The van der Waals surface area contributed by atoms with Gasteiger partial charge in [0, 0.05) is 13.5 Å². The maximum absolute atomic E-state index is 9.29. The number of methoxy groups -OCH3 is 1. The van der Waals surface area contributed by atoms with E-state index in [1.807, 2.05) is 6.92 Å². The topological polar surface area (TPSA) is 38.7 Å². The Morgan fingerprint density at radius 3 is 2.80 bits per heavy atom. The predicted molar refractivity (Wildman–Crippen MR) is 36.8 cm³/mol. The first kappa shape index (κ1) is 7.98. The van der Waals surface area contributed by atoms with Crippen molar-refractivity contribution in [3.8, 4) is 0 Å². The standard InChI is InChI=1S/C7H14O3/c1-5-3-6(8)7(10-5)4-9-2/h5-8H,3-4H2,1-2H3/t5-,6?,7-/m0/s1. The third-order valence-electron chi connectivity index (χ3n) is 1.74. The summed E-state index contributed by atoms with van der Waals surface area (Å²) in [5.41, 5.74) is 0. The molecule has 0 aliphatic carbocycles. The van der Waals surface area contributed by atoms with Gasteiger partial charge in [-0.05, 0) is 6.92 Å². The third kappa shape index (κ3) is 1.68. The molecule has 60 valence electrons. The van der Waals surface area contributed by atoms with Gasteiger partial charge in [-0.3, -0.25) is 0 Å². The SMILES string of the molecule is COC[C@@H]1O[C@@H](C)CC1O. The van der Waals surface area contributed by atoms with Crippen molar-refractivity contribution < 1.29 is 14.6 Å². The van der Waals surface area contributed by atoms with Gasteiger partial charge in [-0.1, -0.05) is 0 Å². The van der Waals surface area contributed by atoms with Crippen LogP contribution in [-0.2, 0) is 9.47 Å². The van der Waals surface area contributed by atoms with Crippen LogP contribution in [0.1, 0.15) is 13.3 Å². The zero-order valence-electron chi connectivity index (χ0n) is 6.41. The lowest BCUT2D eigenvalue weighted by molar-refractivity contribution is -0.0288. The fourth-order valence-corrected chi connectivity index (χ4v) is 1.25. The molecular formula is C7H14O3. The molecule has 10 heavy (non-hydrogen) atoms. The molecule has 3 nitrogen and oxygen atoms in total. The van der Waals surface area contributed by atoms with Gasteiger partial charge in [0.2, 0.25) is 0 Å². The van der Waals surface area contributed by atoms with Crippen molar-refractivity contribution in [3.63, 3.8) is 0 Å². The Balaban J connectivity index is 2.31. The number of ether oxygens (including phenoxy) is 2. The first-order chi connectivity index (χ1) is 4.74. The molecule has 1 fully saturated rings. The van der Waals surface area contributed by atoms with Crippen LogP contribution in [0.5, 0.6) is 0 Å². The van der Waals surface area contributed by atoms with E-state index in [-0.39, 0.29) is 18.3 Å². The van der Waals surface area contributed by atoms with E-state index in [0.717, 1.165) is 6.42 Å². The molecule has 0 aromatic carbocycles. The average Bonchev–Trinajstić information content (AvgIpc) is 2.13. The molecule has 3 atom stereocenters. The molecular weight excluding hydrogens is 132 g/mol. The van der Waals surface area contributed by atoms with Crippen LogP contribution in [0.25, 0.3) is 0 Å². The van der Waals surface area contributed by atoms with E-state index in [9.17, 15) is 5.11 Å². The Hall–Kier alpha value is -0.120. The molecule has 1 rings (SSSR count). The first-order valence-electron chi connectivity index (χ1n) is 3.56. The van der Waals surface area contributed by atoms with Gasteiger partial charge in [0.1, 0.15) is 6.10 Å². The molecule has 0 saturated carbocycles. The maximum Gasteiger partial charge on any atom is 0.107 e. The summed E-state index contributed by atoms with van der Waals surface area (Å²) in [6, 6.07) is 0. The van der Waals surface area contributed by atoms with Crippen LogP contribution in [0.15, 0.2) is 0 Å². The molecule has 1 aliphatic rings. The zero-order chi connectivity index (χ0) is 7.56. The van der Waals surface area contributed by atoms with E-state index < -0.39 is 0 Å². The van der Waals surface area contributed by atoms with Gasteiger partial charge in [-0.25, -0.2) is 0 Å². The summed E-state index contributed by atoms with van der Waals surface area (Å²) in [5.74, 6) is 0. The lowest BCUT2D eigenvalue weighted by atomic mass is 10.1. The molecule has 3 heteroatoms. The van der Waals surface area contributed by atoms with Crippen LogP contribution < -0.4 is 0 Å². The van der Waals surface area contributed by atoms with Crippen LogP contribution in [0.3, 0.4) is 0 Å². The molecule has 0 spiro atoms. The highest BCUT2D eigenvalue weighted by atomic mass is 16.5. The number of hydrogen-bond donors (Lipinski definition) is 1. The Kier molecular flexibility index (Phi) is 2.65. The summed E-state index contributed by atoms with van der Waals surface area (Å²) >= 11 is 0.